The lowest BCUT2D eigenvalue weighted by molar-refractivity contribution is 1.33. The summed E-state index contributed by atoms with van der Waals surface area (Å²) in [4.78, 5) is 3.96. The molecular formula is C12H9BrClN. The minimum Gasteiger partial charge on any atom is -0.245 e. The summed E-state index contributed by atoms with van der Waals surface area (Å²) in [6.45, 7) is 2.07. The van der Waals surface area contributed by atoms with Gasteiger partial charge in [0.15, 0.2) is 0 Å². The molecule has 1 aromatic heterocycles. The highest BCUT2D eigenvalue weighted by molar-refractivity contribution is 9.10. The highest BCUT2D eigenvalue weighted by Gasteiger charge is 2.01. The zero-order valence-corrected chi connectivity index (χ0v) is 10.5. The van der Waals surface area contributed by atoms with Crippen LogP contribution in [-0.4, -0.2) is 4.98 Å². The van der Waals surface area contributed by atoms with Gasteiger partial charge in [0.1, 0.15) is 5.15 Å². The second-order valence-corrected chi connectivity index (χ2v) is 4.69. The van der Waals surface area contributed by atoms with Gasteiger partial charge in [0.05, 0.1) is 0 Å². The molecule has 0 fully saturated rings. The van der Waals surface area contributed by atoms with Gasteiger partial charge in [-0.05, 0) is 47.9 Å². The molecule has 2 rings (SSSR count). The summed E-state index contributed by atoms with van der Waals surface area (Å²) >= 11 is 9.33. The highest BCUT2D eigenvalue weighted by Crippen LogP contribution is 2.25. The molecule has 0 amide bonds. The number of halogens is 2. The van der Waals surface area contributed by atoms with Crippen LogP contribution in [-0.2, 0) is 0 Å². The lowest BCUT2D eigenvalue weighted by Gasteiger charge is -2.04. The van der Waals surface area contributed by atoms with Crippen LogP contribution in [0.5, 0.6) is 0 Å². The second kappa shape index (κ2) is 4.33. The van der Waals surface area contributed by atoms with Crippen molar-refractivity contribution in [2.45, 2.75) is 6.92 Å². The van der Waals surface area contributed by atoms with Gasteiger partial charge in [0.25, 0.3) is 0 Å². The fourth-order valence-corrected chi connectivity index (χ4v) is 2.27. The van der Waals surface area contributed by atoms with Crippen LogP contribution in [0.2, 0.25) is 5.15 Å². The summed E-state index contributed by atoms with van der Waals surface area (Å²) in [5, 5.41) is 0.519. The fourth-order valence-electron chi connectivity index (χ4n) is 1.49. The van der Waals surface area contributed by atoms with Crippen molar-refractivity contribution in [2.75, 3.05) is 0 Å². The van der Waals surface area contributed by atoms with E-state index in [1.807, 2.05) is 12.1 Å². The Hall–Kier alpha value is -0.860. The Kier molecular flexibility index (Phi) is 3.08. The maximum Gasteiger partial charge on any atom is 0.129 e. The van der Waals surface area contributed by atoms with Crippen molar-refractivity contribution in [3.63, 3.8) is 0 Å². The molecular weight excluding hydrogens is 273 g/mol. The summed E-state index contributed by atoms with van der Waals surface area (Å²) in [5.41, 5.74) is 3.44. The first-order valence-electron chi connectivity index (χ1n) is 4.54. The molecule has 0 atom stereocenters. The lowest BCUT2D eigenvalue weighted by atomic mass is 10.1. The third-order valence-electron chi connectivity index (χ3n) is 2.10. The minimum atomic E-state index is 0.519. The van der Waals surface area contributed by atoms with Crippen LogP contribution >= 0.6 is 27.5 Å². The third-order valence-corrected chi connectivity index (χ3v) is 2.77. The zero-order valence-electron chi connectivity index (χ0n) is 8.17. The summed E-state index contributed by atoms with van der Waals surface area (Å²) in [5.74, 6) is 0. The number of nitrogens with zero attached hydrogens (tertiary/aromatic N) is 1. The molecule has 15 heavy (non-hydrogen) atoms. The summed E-state index contributed by atoms with van der Waals surface area (Å²) in [6, 6.07) is 10.1. The Morgan fingerprint density at radius 3 is 2.60 bits per heavy atom. The van der Waals surface area contributed by atoms with Gasteiger partial charge in [-0.2, -0.15) is 0 Å². The van der Waals surface area contributed by atoms with Gasteiger partial charge in [-0.15, -0.1) is 0 Å². The lowest BCUT2D eigenvalue weighted by Crippen LogP contribution is -1.82. The van der Waals surface area contributed by atoms with Gasteiger partial charge in [-0.3, -0.25) is 0 Å². The molecule has 3 heteroatoms. The Morgan fingerprint density at radius 2 is 1.93 bits per heavy atom. The molecule has 1 heterocycles. The van der Waals surface area contributed by atoms with Gasteiger partial charge in [0, 0.05) is 10.7 Å². The van der Waals surface area contributed by atoms with E-state index in [2.05, 4.69) is 46.0 Å². The van der Waals surface area contributed by atoms with E-state index < -0.39 is 0 Å². The number of aryl methyl sites for hydroxylation is 1. The van der Waals surface area contributed by atoms with Crippen LogP contribution < -0.4 is 0 Å². The van der Waals surface area contributed by atoms with E-state index in [0.29, 0.717) is 5.15 Å². The summed E-state index contributed by atoms with van der Waals surface area (Å²) in [7, 11) is 0. The van der Waals surface area contributed by atoms with E-state index in [-0.39, 0.29) is 0 Å². The number of rotatable bonds is 1. The second-order valence-electron chi connectivity index (χ2n) is 3.38. The normalized spacial score (nSPS) is 10.3. The van der Waals surface area contributed by atoms with E-state index >= 15 is 0 Å². The molecule has 0 saturated carbocycles. The van der Waals surface area contributed by atoms with E-state index in [9.17, 15) is 0 Å². The third kappa shape index (κ3) is 2.58. The van der Waals surface area contributed by atoms with Crippen molar-refractivity contribution >= 4 is 27.5 Å². The SMILES string of the molecule is Cc1cc(Br)cc(-c2ccnc(Cl)c2)c1. The molecule has 0 saturated heterocycles. The van der Waals surface area contributed by atoms with E-state index in [0.717, 1.165) is 15.6 Å². The van der Waals surface area contributed by atoms with Crippen LogP contribution in [0.25, 0.3) is 11.1 Å². The molecule has 0 bridgehead atoms. The number of aromatic nitrogens is 1. The minimum absolute atomic E-state index is 0.519. The number of pyridine rings is 1. The molecule has 0 spiro atoms. The van der Waals surface area contributed by atoms with Gasteiger partial charge >= 0.3 is 0 Å². The smallest absolute Gasteiger partial charge is 0.129 e. The average Bonchev–Trinajstić information content (AvgIpc) is 2.16. The monoisotopic (exact) mass is 281 g/mol. The van der Waals surface area contributed by atoms with Crippen LogP contribution in [0.15, 0.2) is 41.0 Å². The van der Waals surface area contributed by atoms with Crippen LogP contribution in [0.4, 0.5) is 0 Å². The molecule has 1 aromatic carbocycles. The van der Waals surface area contributed by atoms with E-state index in [1.165, 1.54) is 5.56 Å². The van der Waals surface area contributed by atoms with Gasteiger partial charge in [-0.25, -0.2) is 4.98 Å². The molecule has 0 N–H and O–H groups in total. The number of benzene rings is 1. The van der Waals surface area contributed by atoms with Crippen molar-refractivity contribution in [3.8, 4) is 11.1 Å². The molecule has 0 aliphatic heterocycles. The first kappa shape index (κ1) is 10.7. The maximum absolute atomic E-state index is 5.85. The first-order valence-corrected chi connectivity index (χ1v) is 5.71. The van der Waals surface area contributed by atoms with Gasteiger partial charge in [-0.1, -0.05) is 33.6 Å². The molecule has 0 aliphatic rings. The van der Waals surface area contributed by atoms with E-state index in [4.69, 9.17) is 11.6 Å². The quantitative estimate of drug-likeness (QED) is 0.703. The van der Waals surface area contributed by atoms with Crippen molar-refractivity contribution < 1.29 is 0 Å². The van der Waals surface area contributed by atoms with Gasteiger partial charge < -0.3 is 0 Å². The molecule has 76 valence electrons. The highest BCUT2D eigenvalue weighted by atomic mass is 79.9. The Labute approximate surface area is 102 Å². The Morgan fingerprint density at radius 1 is 1.13 bits per heavy atom. The Balaban J connectivity index is 2.54. The zero-order chi connectivity index (χ0) is 10.8. The fraction of sp³-hybridized carbons (Fsp3) is 0.0833. The molecule has 0 unspecified atom stereocenters. The van der Waals surface area contributed by atoms with Crippen LogP contribution in [0.3, 0.4) is 0 Å². The van der Waals surface area contributed by atoms with Crippen LogP contribution in [0, 0.1) is 6.92 Å². The molecule has 0 radical (unpaired) electrons. The average molecular weight is 283 g/mol. The summed E-state index contributed by atoms with van der Waals surface area (Å²) in [6.07, 6.45) is 1.72. The topological polar surface area (TPSA) is 12.9 Å². The first-order chi connectivity index (χ1) is 7.15. The van der Waals surface area contributed by atoms with Crippen LogP contribution in [0.1, 0.15) is 5.56 Å². The Bertz CT molecular complexity index is 476. The predicted octanol–water partition coefficient (Wildman–Crippen LogP) is 4.47. The standard InChI is InChI=1S/C12H9BrClN/c1-8-4-10(6-11(13)5-8)9-2-3-15-12(14)7-9/h2-7H,1H3. The summed E-state index contributed by atoms with van der Waals surface area (Å²) < 4.78 is 1.07. The maximum atomic E-state index is 5.85. The van der Waals surface area contributed by atoms with Crippen molar-refractivity contribution in [2.24, 2.45) is 0 Å². The number of hydrogen-bond acceptors (Lipinski definition) is 1. The molecule has 2 aromatic rings. The molecule has 1 nitrogen and oxygen atoms in total. The van der Waals surface area contributed by atoms with Gasteiger partial charge in [0.2, 0.25) is 0 Å². The predicted molar refractivity (Wildman–Crippen MR) is 67.1 cm³/mol. The number of hydrogen-bond donors (Lipinski definition) is 0. The van der Waals surface area contributed by atoms with Crippen molar-refractivity contribution in [1.82, 2.24) is 4.98 Å². The van der Waals surface area contributed by atoms with Crippen molar-refractivity contribution in [3.05, 3.63) is 51.7 Å². The molecule has 0 aliphatic carbocycles. The van der Waals surface area contributed by atoms with Crippen molar-refractivity contribution in [1.29, 1.82) is 0 Å². The van der Waals surface area contributed by atoms with E-state index in [1.54, 1.807) is 6.20 Å². The largest absolute Gasteiger partial charge is 0.245 e.